The molecule has 1 aromatic carbocycles. The maximum Gasteiger partial charge on any atom is 0.0499 e. The first kappa shape index (κ1) is 16.2. The van der Waals surface area contributed by atoms with Crippen LogP contribution in [-0.2, 0) is 0 Å². The monoisotopic (exact) mass is 262 g/mol. The van der Waals surface area contributed by atoms with Gasteiger partial charge in [-0.3, -0.25) is 4.90 Å². The Bertz CT molecular complexity index is 356. The maximum atomic E-state index is 6.40. The summed E-state index contributed by atoms with van der Waals surface area (Å²) in [6, 6.07) is 9.37. The van der Waals surface area contributed by atoms with Gasteiger partial charge < -0.3 is 5.73 Å². The average Bonchev–Trinajstić information content (AvgIpc) is 2.39. The molecule has 2 N–H and O–H groups in total. The maximum absolute atomic E-state index is 6.40. The van der Waals surface area contributed by atoms with E-state index in [4.69, 9.17) is 5.73 Å². The predicted molar refractivity (Wildman–Crippen MR) is 84.3 cm³/mol. The molecule has 0 aromatic heterocycles. The first-order valence-corrected chi connectivity index (χ1v) is 7.55. The quantitative estimate of drug-likeness (QED) is 0.811. The largest absolute Gasteiger partial charge is 0.326 e. The second-order valence-corrected chi connectivity index (χ2v) is 5.91. The number of aryl methyl sites for hydroxylation is 1. The van der Waals surface area contributed by atoms with Crippen molar-refractivity contribution >= 4 is 0 Å². The van der Waals surface area contributed by atoms with Gasteiger partial charge in [0.05, 0.1) is 0 Å². The summed E-state index contributed by atoms with van der Waals surface area (Å²) in [5.74, 6) is 0.664. The minimum absolute atomic E-state index is 0.196. The minimum atomic E-state index is 0.196. The van der Waals surface area contributed by atoms with Crippen LogP contribution in [-0.4, -0.2) is 24.0 Å². The van der Waals surface area contributed by atoms with Crippen LogP contribution in [0.1, 0.15) is 51.3 Å². The average molecular weight is 262 g/mol. The van der Waals surface area contributed by atoms with E-state index in [0.717, 1.165) is 19.5 Å². The first-order valence-electron chi connectivity index (χ1n) is 7.55. The number of nitrogens with zero attached hydrogens (tertiary/aromatic N) is 1. The van der Waals surface area contributed by atoms with Crippen molar-refractivity contribution in [3.8, 4) is 0 Å². The van der Waals surface area contributed by atoms with Crippen LogP contribution in [0.4, 0.5) is 0 Å². The Morgan fingerprint density at radius 3 is 2.11 bits per heavy atom. The van der Waals surface area contributed by atoms with Crippen LogP contribution >= 0.6 is 0 Å². The van der Waals surface area contributed by atoms with Crippen LogP contribution in [0, 0.1) is 12.8 Å². The fourth-order valence-corrected chi connectivity index (χ4v) is 2.62. The molecule has 0 bridgehead atoms. The molecular weight excluding hydrogens is 232 g/mol. The number of hydrogen-bond acceptors (Lipinski definition) is 2. The molecule has 0 saturated carbocycles. The zero-order valence-corrected chi connectivity index (χ0v) is 13.2. The van der Waals surface area contributed by atoms with Crippen molar-refractivity contribution < 1.29 is 0 Å². The van der Waals surface area contributed by atoms with Crippen LogP contribution in [0.2, 0.25) is 0 Å². The highest BCUT2D eigenvalue weighted by Gasteiger charge is 2.25. The van der Waals surface area contributed by atoms with E-state index in [1.54, 1.807) is 0 Å². The SMILES string of the molecule is CCC(N)C(c1ccc(C)cc1)N(CC)CC(C)C. The Morgan fingerprint density at radius 1 is 1.11 bits per heavy atom. The molecule has 0 aliphatic rings. The second kappa shape index (κ2) is 7.66. The number of likely N-dealkylation sites (N-methyl/N-ethyl adjacent to an activating group) is 1. The lowest BCUT2D eigenvalue weighted by atomic mass is 9.94. The van der Waals surface area contributed by atoms with Gasteiger partial charge in [0.2, 0.25) is 0 Å². The summed E-state index contributed by atoms with van der Waals surface area (Å²) in [6.45, 7) is 13.2. The van der Waals surface area contributed by atoms with Gasteiger partial charge in [-0.05, 0) is 31.4 Å². The van der Waals surface area contributed by atoms with E-state index in [9.17, 15) is 0 Å². The third-order valence-electron chi connectivity index (χ3n) is 3.70. The van der Waals surface area contributed by atoms with E-state index in [1.165, 1.54) is 11.1 Å². The highest BCUT2D eigenvalue weighted by atomic mass is 15.2. The van der Waals surface area contributed by atoms with Crippen molar-refractivity contribution in [3.63, 3.8) is 0 Å². The Morgan fingerprint density at radius 2 is 1.68 bits per heavy atom. The molecule has 2 heteroatoms. The molecule has 0 heterocycles. The minimum Gasteiger partial charge on any atom is -0.326 e. The van der Waals surface area contributed by atoms with Crippen molar-refractivity contribution in [2.24, 2.45) is 11.7 Å². The molecule has 0 saturated heterocycles. The zero-order chi connectivity index (χ0) is 14.4. The van der Waals surface area contributed by atoms with Crippen LogP contribution in [0.15, 0.2) is 24.3 Å². The van der Waals surface area contributed by atoms with E-state index in [2.05, 4.69) is 63.8 Å². The highest BCUT2D eigenvalue weighted by Crippen LogP contribution is 2.26. The van der Waals surface area contributed by atoms with Crippen LogP contribution in [0.5, 0.6) is 0 Å². The Hall–Kier alpha value is -0.860. The predicted octanol–water partition coefficient (Wildman–Crippen LogP) is 3.75. The standard InChI is InChI=1S/C17H30N2/c1-6-16(18)17(19(7-2)12-13(3)4)15-10-8-14(5)9-11-15/h8-11,13,16-17H,6-7,12,18H2,1-5H3. The summed E-state index contributed by atoms with van der Waals surface area (Å²) in [6.07, 6.45) is 1.01. The van der Waals surface area contributed by atoms with Crippen molar-refractivity contribution in [3.05, 3.63) is 35.4 Å². The molecule has 2 nitrogen and oxygen atoms in total. The molecule has 108 valence electrons. The number of hydrogen-bond donors (Lipinski definition) is 1. The Kier molecular flexibility index (Phi) is 6.53. The number of benzene rings is 1. The van der Waals surface area contributed by atoms with Gasteiger partial charge in [-0.15, -0.1) is 0 Å². The third kappa shape index (κ3) is 4.63. The molecule has 0 aliphatic carbocycles. The summed E-state index contributed by atoms with van der Waals surface area (Å²) in [4.78, 5) is 2.52. The van der Waals surface area contributed by atoms with E-state index in [0.29, 0.717) is 12.0 Å². The van der Waals surface area contributed by atoms with Gasteiger partial charge in [0.15, 0.2) is 0 Å². The fourth-order valence-electron chi connectivity index (χ4n) is 2.62. The lowest BCUT2D eigenvalue weighted by Gasteiger charge is -2.36. The molecule has 1 aromatic rings. The topological polar surface area (TPSA) is 29.3 Å². The van der Waals surface area contributed by atoms with Gasteiger partial charge in [-0.1, -0.05) is 57.5 Å². The fraction of sp³-hybridized carbons (Fsp3) is 0.647. The van der Waals surface area contributed by atoms with Crippen molar-refractivity contribution in [2.45, 2.75) is 53.1 Å². The first-order chi connectivity index (χ1) is 8.99. The van der Waals surface area contributed by atoms with E-state index in [-0.39, 0.29) is 6.04 Å². The highest BCUT2D eigenvalue weighted by molar-refractivity contribution is 5.25. The lowest BCUT2D eigenvalue weighted by Crippen LogP contribution is -2.42. The molecule has 19 heavy (non-hydrogen) atoms. The second-order valence-electron chi connectivity index (χ2n) is 5.91. The van der Waals surface area contributed by atoms with Crippen LogP contribution < -0.4 is 5.73 Å². The molecule has 2 unspecified atom stereocenters. The molecule has 0 fully saturated rings. The van der Waals surface area contributed by atoms with Gasteiger partial charge in [-0.2, -0.15) is 0 Å². The summed E-state index contributed by atoms with van der Waals surface area (Å²) in [5, 5.41) is 0. The normalized spacial score (nSPS) is 14.9. The smallest absolute Gasteiger partial charge is 0.0499 e. The van der Waals surface area contributed by atoms with E-state index >= 15 is 0 Å². The van der Waals surface area contributed by atoms with Gasteiger partial charge in [-0.25, -0.2) is 0 Å². The summed E-state index contributed by atoms with van der Waals surface area (Å²) >= 11 is 0. The number of nitrogens with two attached hydrogens (primary N) is 1. The summed E-state index contributed by atoms with van der Waals surface area (Å²) in [5.41, 5.74) is 9.05. The summed E-state index contributed by atoms with van der Waals surface area (Å²) < 4.78 is 0. The molecule has 2 atom stereocenters. The lowest BCUT2D eigenvalue weighted by molar-refractivity contribution is 0.159. The summed E-state index contributed by atoms with van der Waals surface area (Å²) in [7, 11) is 0. The molecule has 0 spiro atoms. The van der Waals surface area contributed by atoms with Crippen molar-refractivity contribution in [1.29, 1.82) is 0 Å². The Balaban J connectivity index is 3.02. The molecule has 0 amide bonds. The molecule has 0 aliphatic heterocycles. The van der Waals surface area contributed by atoms with E-state index < -0.39 is 0 Å². The van der Waals surface area contributed by atoms with E-state index in [1.807, 2.05) is 0 Å². The van der Waals surface area contributed by atoms with Gasteiger partial charge in [0.1, 0.15) is 0 Å². The number of rotatable bonds is 7. The molecule has 1 rings (SSSR count). The van der Waals surface area contributed by atoms with Gasteiger partial charge >= 0.3 is 0 Å². The molecular formula is C17H30N2. The van der Waals surface area contributed by atoms with Crippen molar-refractivity contribution in [1.82, 2.24) is 4.90 Å². The zero-order valence-electron chi connectivity index (χ0n) is 13.2. The third-order valence-corrected chi connectivity index (χ3v) is 3.70. The Labute approximate surface area is 119 Å². The van der Waals surface area contributed by atoms with Crippen LogP contribution in [0.3, 0.4) is 0 Å². The van der Waals surface area contributed by atoms with Crippen molar-refractivity contribution in [2.75, 3.05) is 13.1 Å². The molecule has 0 radical (unpaired) electrons. The van der Waals surface area contributed by atoms with Crippen LogP contribution in [0.25, 0.3) is 0 Å². The van der Waals surface area contributed by atoms with Gasteiger partial charge in [0.25, 0.3) is 0 Å². The van der Waals surface area contributed by atoms with Gasteiger partial charge in [0, 0.05) is 18.6 Å².